The van der Waals surface area contributed by atoms with E-state index < -0.39 is 0 Å². The lowest BCUT2D eigenvalue weighted by atomic mass is 10.1. The van der Waals surface area contributed by atoms with Crippen LogP contribution in [-0.4, -0.2) is 15.5 Å². The van der Waals surface area contributed by atoms with Crippen molar-refractivity contribution < 1.29 is 0 Å². The molecule has 2 aromatic carbocycles. The van der Waals surface area contributed by atoms with Crippen LogP contribution in [-0.2, 0) is 6.54 Å². The van der Waals surface area contributed by atoms with E-state index in [9.17, 15) is 0 Å². The average Bonchev–Trinajstić information content (AvgIpc) is 2.60. The summed E-state index contributed by atoms with van der Waals surface area (Å²) in [4.78, 5) is 9.37. The third-order valence-corrected chi connectivity index (χ3v) is 4.00. The Kier molecular flexibility index (Phi) is 5.21. The van der Waals surface area contributed by atoms with Crippen molar-refractivity contribution in [2.75, 3.05) is 10.6 Å². The number of hydrogen-bond donors (Lipinski definition) is 2. The van der Waals surface area contributed by atoms with Gasteiger partial charge in [0.2, 0.25) is 5.95 Å². The van der Waals surface area contributed by atoms with Gasteiger partial charge in [0.25, 0.3) is 0 Å². The molecule has 0 atom stereocenters. The Morgan fingerprint density at radius 2 is 1.58 bits per heavy atom. The number of rotatable bonds is 5. The summed E-state index contributed by atoms with van der Waals surface area (Å²) >= 11 is 0. The first kappa shape index (κ1) is 17.9. The molecule has 0 aliphatic heterocycles. The molecular weight excluding hydrogens is 320 g/mol. The van der Waals surface area contributed by atoms with Crippen molar-refractivity contribution in [2.45, 2.75) is 39.8 Å². The lowest BCUT2D eigenvalue weighted by Gasteiger charge is -2.22. The molecule has 3 aromatic rings. The molecule has 4 heteroatoms. The normalized spacial score (nSPS) is 11.2. The molecule has 2 N–H and O–H groups in total. The molecule has 0 saturated carbocycles. The Morgan fingerprint density at radius 3 is 2.27 bits per heavy atom. The molecule has 134 valence electrons. The van der Waals surface area contributed by atoms with Gasteiger partial charge in [-0.25, -0.2) is 4.98 Å². The molecule has 0 amide bonds. The van der Waals surface area contributed by atoms with Crippen molar-refractivity contribution in [1.82, 2.24) is 9.97 Å². The largest absolute Gasteiger partial charge is 0.365 e. The summed E-state index contributed by atoms with van der Waals surface area (Å²) in [5, 5.41) is 6.83. The van der Waals surface area contributed by atoms with E-state index in [0.717, 1.165) is 17.1 Å². The zero-order valence-corrected chi connectivity index (χ0v) is 15.9. The highest BCUT2D eigenvalue weighted by atomic mass is 15.2. The van der Waals surface area contributed by atoms with Crippen LogP contribution in [0.4, 0.5) is 11.8 Å². The van der Waals surface area contributed by atoms with Crippen LogP contribution in [0.3, 0.4) is 0 Å². The van der Waals surface area contributed by atoms with Gasteiger partial charge in [-0.2, -0.15) is 4.98 Å². The fourth-order valence-corrected chi connectivity index (χ4v) is 2.71. The van der Waals surface area contributed by atoms with E-state index in [1.807, 2.05) is 24.3 Å². The van der Waals surface area contributed by atoms with Gasteiger partial charge in [-0.1, -0.05) is 54.6 Å². The first-order chi connectivity index (χ1) is 12.4. The highest BCUT2D eigenvalue weighted by Crippen LogP contribution is 2.23. The van der Waals surface area contributed by atoms with Crippen LogP contribution in [0.1, 0.15) is 31.9 Å². The Hall–Kier alpha value is -2.88. The smallest absolute Gasteiger partial charge is 0.225 e. The van der Waals surface area contributed by atoms with E-state index in [1.54, 1.807) is 0 Å². The molecule has 0 bridgehead atoms. The van der Waals surface area contributed by atoms with Gasteiger partial charge in [0, 0.05) is 23.7 Å². The summed E-state index contributed by atoms with van der Waals surface area (Å²) in [6, 6.07) is 20.5. The molecule has 0 saturated heterocycles. The minimum absolute atomic E-state index is 0.0738. The maximum absolute atomic E-state index is 4.72. The fourth-order valence-electron chi connectivity index (χ4n) is 2.71. The van der Waals surface area contributed by atoms with Crippen LogP contribution in [0.15, 0.2) is 60.7 Å². The Labute approximate surface area is 155 Å². The molecule has 4 nitrogen and oxygen atoms in total. The van der Waals surface area contributed by atoms with E-state index in [1.165, 1.54) is 11.1 Å². The highest BCUT2D eigenvalue weighted by Gasteiger charge is 2.13. The molecule has 3 rings (SSSR count). The summed E-state index contributed by atoms with van der Waals surface area (Å²) in [6.07, 6.45) is 0. The van der Waals surface area contributed by atoms with Crippen molar-refractivity contribution in [3.63, 3.8) is 0 Å². The van der Waals surface area contributed by atoms with Crippen molar-refractivity contribution in [1.29, 1.82) is 0 Å². The molecule has 0 unspecified atom stereocenters. The number of benzene rings is 2. The van der Waals surface area contributed by atoms with Gasteiger partial charge in [-0.05, 0) is 38.8 Å². The van der Waals surface area contributed by atoms with E-state index in [0.29, 0.717) is 12.5 Å². The summed E-state index contributed by atoms with van der Waals surface area (Å²) < 4.78 is 0. The number of anilines is 2. The topological polar surface area (TPSA) is 49.8 Å². The summed E-state index contributed by atoms with van der Waals surface area (Å²) in [6.45, 7) is 9.18. The quantitative estimate of drug-likeness (QED) is 0.660. The maximum atomic E-state index is 4.72. The van der Waals surface area contributed by atoms with E-state index in [2.05, 4.69) is 79.7 Å². The third-order valence-electron chi connectivity index (χ3n) is 4.00. The van der Waals surface area contributed by atoms with Crippen molar-refractivity contribution >= 4 is 11.8 Å². The van der Waals surface area contributed by atoms with Crippen molar-refractivity contribution in [2.24, 2.45) is 0 Å². The van der Waals surface area contributed by atoms with Crippen LogP contribution in [0.2, 0.25) is 0 Å². The van der Waals surface area contributed by atoms with Gasteiger partial charge >= 0.3 is 0 Å². The lowest BCUT2D eigenvalue weighted by molar-refractivity contribution is 0.630. The number of nitrogens with one attached hydrogen (secondary N) is 2. The number of nitrogens with zero attached hydrogens (tertiary/aromatic N) is 2. The maximum Gasteiger partial charge on any atom is 0.225 e. The molecule has 0 spiro atoms. The number of hydrogen-bond acceptors (Lipinski definition) is 4. The van der Waals surface area contributed by atoms with Crippen LogP contribution in [0, 0.1) is 6.92 Å². The van der Waals surface area contributed by atoms with Gasteiger partial charge < -0.3 is 10.6 Å². The molecule has 0 aliphatic rings. The first-order valence-corrected chi connectivity index (χ1v) is 8.92. The lowest BCUT2D eigenvalue weighted by Crippen LogP contribution is -2.27. The van der Waals surface area contributed by atoms with Crippen molar-refractivity contribution in [3.05, 3.63) is 71.8 Å². The van der Waals surface area contributed by atoms with Gasteiger partial charge in [-0.15, -0.1) is 0 Å². The second-order valence-corrected chi connectivity index (χ2v) is 7.48. The highest BCUT2D eigenvalue weighted by molar-refractivity contribution is 5.64. The predicted octanol–water partition coefficient (Wildman–Crippen LogP) is 5.27. The third kappa shape index (κ3) is 4.82. The van der Waals surface area contributed by atoms with Gasteiger partial charge in [0.15, 0.2) is 0 Å². The number of aromatic nitrogens is 2. The summed E-state index contributed by atoms with van der Waals surface area (Å²) in [5.41, 5.74) is 4.40. The monoisotopic (exact) mass is 346 g/mol. The molecule has 0 aliphatic carbocycles. The van der Waals surface area contributed by atoms with E-state index >= 15 is 0 Å². The Bertz CT molecular complexity index is 867. The fraction of sp³-hybridized carbons (Fsp3) is 0.273. The second kappa shape index (κ2) is 7.56. The number of aryl methyl sites for hydroxylation is 1. The molecule has 1 aromatic heterocycles. The zero-order valence-electron chi connectivity index (χ0n) is 15.9. The molecule has 0 radical (unpaired) electrons. The SMILES string of the molecule is Cc1ccccc1CNc1nc(NC(C)(C)C)cc(-c2ccccc2)n1. The van der Waals surface area contributed by atoms with Gasteiger partial charge in [-0.3, -0.25) is 0 Å². The summed E-state index contributed by atoms with van der Waals surface area (Å²) in [7, 11) is 0. The second-order valence-electron chi connectivity index (χ2n) is 7.48. The summed E-state index contributed by atoms with van der Waals surface area (Å²) in [5.74, 6) is 1.44. The van der Waals surface area contributed by atoms with Gasteiger partial charge in [0.05, 0.1) is 5.69 Å². The average molecular weight is 346 g/mol. The van der Waals surface area contributed by atoms with Gasteiger partial charge in [0.1, 0.15) is 5.82 Å². The van der Waals surface area contributed by atoms with Crippen LogP contribution in [0.5, 0.6) is 0 Å². The molecule has 0 fully saturated rings. The predicted molar refractivity (Wildman–Crippen MR) is 109 cm³/mol. The van der Waals surface area contributed by atoms with Crippen LogP contribution >= 0.6 is 0 Å². The Morgan fingerprint density at radius 1 is 0.885 bits per heavy atom. The van der Waals surface area contributed by atoms with E-state index in [4.69, 9.17) is 4.98 Å². The Balaban J connectivity index is 1.90. The minimum Gasteiger partial charge on any atom is -0.365 e. The molecule has 26 heavy (non-hydrogen) atoms. The molecular formula is C22H26N4. The van der Waals surface area contributed by atoms with E-state index in [-0.39, 0.29) is 5.54 Å². The molecule has 1 heterocycles. The zero-order chi connectivity index (χ0) is 18.6. The first-order valence-electron chi connectivity index (χ1n) is 8.92. The standard InChI is InChI=1S/C22H26N4/c1-16-10-8-9-13-18(16)15-23-21-24-19(17-11-6-5-7-12-17)14-20(25-21)26-22(2,3)4/h5-14H,15H2,1-4H3,(H2,23,24,25,26). The van der Waals surface area contributed by atoms with Crippen LogP contribution in [0.25, 0.3) is 11.3 Å². The minimum atomic E-state index is -0.0738. The van der Waals surface area contributed by atoms with Crippen LogP contribution < -0.4 is 10.6 Å². The van der Waals surface area contributed by atoms with Crippen molar-refractivity contribution in [3.8, 4) is 11.3 Å².